The van der Waals surface area contributed by atoms with E-state index in [0.717, 1.165) is 43.1 Å². The molecule has 1 heterocycles. The van der Waals surface area contributed by atoms with Crippen LogP contribution < -0.4 is 14.8 Å². The van der Waals surface area contributed by atoms with Gasteiger partial charge >= 0.3 is 0 Å². The minimum Gasteiger partial charge on any atom is -0.491 e. The summed E-state index contributed by atoms with van der Waals surface area (Å²) in [5, 5.41) is 23.7. The topological polar surface area (TPSA) is 74.2 Å². The predicted molar refractivity (Wildman–Crippen MR) is 133 cm³/mol. The van der Waals surface area contributed by atoms with Crippen molar-refractivity contribution in [2.75, 3.05) is 51.8 Å². The van der Waals surface area contributed by atoms with Crippen LogP contribution >= 0.6 is 23.2 Å². The summed E-state index contributed by atoms with van der Waals surface area (Å²) in [6.07, 6.45) is -1.25. The molecule has 1 saturated heterocycles. The maximum Gasteiger partial charge on any atom is 0.138 e. The first-order chi connectivity index (χ1) is 15.8. The fraction of sp³-hybridized carbons (Fsp3) is 0.520. The van der Waals surface area contributed by atoms with E-state index in [1.54, 1.807) is 0 Å². The van der Waals surface area contributed by atoms with Crippen LogP contribution in [0.15, 0.2) is 42.5 Å². The second-order valence-corrected chi connectivity index (χ2v) is 9.64. The van der Waals surface area contributed by atoms with Crippen LogP contribution in [0.4, 0.5) is 0 Å². The lowest BCUT2D eigenvalue weighted by atomic mass is 9.78. The SMILES string of the molecule is CC(C)(c1ccc(OCC(O)CN2CCNCC2)cc1)c1ccc(OCC(O)CCl)c(Cl)c1. The Morgan fingerprint density at radius 2 is 1.61 bits per heavy atom. The summed E-state index contributed by atoms with van der Waals surface area (Å²) in [5.41, 5.74) is 1.86. The monoisotopic (exact) mass is 496 g/mol. The fourth-order valence-corrected chi connectivity index (χ4v) is 4.13. The molecule has 2 aromatic carbocycles. The molecule has 3 rings (SSSR count). The zero-order valence-corrected chi connectivity index (χ0v) is 20.8. The maximum atomic E-state index is 10.3. The van der Waals surface area contributed by atoms with Crippen molar-refractivity contribution < 1.29 is 19.7 Å². The number of β-amino-alcohol motifs (C(OH)–C–C–N with tert-alkyl or cyclic N) is 1. The highest BCUT2D eigenvalue weighted by molar-refractivity contribution is 6.32. The third-order valence-corrected chi connectivity index (χ3v) is 6.61. The van der Waals surface area contributed by atoms with Crippen LogP contribution in [0.2, 0.25) is 5.02 Å². The van der Waals surface area contributed by atoms with E-state index in [1.807, 2.05) is 42.5 Å². The molecule has 0 bridgehead atoms. The molecule has 3 N–H and O–H groups in total. The Balaban J connectivity index is 1.57. The smallest absolute Gasteiger partial charge is 0.138 e. The summed E-state index contributed by atoms with van der Waals surface area (Å²) in [6.45, 7) is 9.07. The summed E-state index contributed by atoms with van der Waals surface area (Å²) in [7, 11) is 0. The van der Waals surface area contributed by atoms with Crippen molar-refractivity contribution in [3.63, 3.8) is 0 Å². The van der Waals surface area contributed by atoms with Gasteiger partial charge in [0.2, 0.25) is 0 Å². The number of benzene rings is 2. The second kappa shape index (κ2) is 12.2. The molecule has 2 atom stereocenters. The van der Waals surface area contributed by atoms with Crippen molar-refractivity contribution in [1.29, 1.82) is 0 Å². The van der Waals surface area contributed by atoms with E-state index >= 15 is 0 Å². The lowest BCUT2D eigenvalue weighted by molar-refractivity contribution is 0.0641. The molecule has 2 unspecified atom stereocenters. The summed E-state index contributed by atoms with van der Waals surface area (Å²) < 4.78 is 11.4. The van der Waals surface area contributed by atoms with Gasteiger partial charge in [0.25, 0.3) is 0 Å². The molecular weight excluding hydrogens is 463 g/mol. The van der Waals surface area contributed by atoms with E-state index in [2.05, 4.69) is 24.1 Å². The zero-order valence-electron chi connectivity index (χ0n) is 19.3. The van der Waals surface area contributed by atoms with Gasteiger partial charge in [0, 0.05) is 38.1 Å². The van der Waals surface area contributed by atoms with E-state index in [9.17, 15) is 10.2 Å². The van der Waals surface area contributed by atoms with Gasteiger partial charge in [-0.05, 0) is 35.4 Å². The van der Waals surface area contributed by atoms with Crippen LogP contribution in [-0.2, 0) is 5.41 Å². The molecule has 0 saturated carbocycles. The van der Waals surface area contributed by atoms with Crippen molar-refractivity contribution in [3.05, 3.63) is 58.6 Å². The number of aliphatic hydroxyl groups excluding tert-OH is 2. The molecule has 0 spiro atoms. The molecule has 182 valence electrons. The summed E-state index contributed by atoms with van der Waals surface area (Å²) in [4.78, 5) is 2.25. The normalized spacial score (nSPS) is 16.9. The number of aliphatic hydroxyl groups is 2. The Labute approximate surface area is 206 Å². The quantitative estimate of drug-likeness (QED) is 0.414. The first kappa shape index (κ1) is 26.1. The van der Waals surface area contributed by atoms with Gasteiger partial charge in [0.15, 0.2) is 0 Å². The molecule has 2 aromatic rings. The third kappa shape index (κ3) is 7.47. The van der Waals surface area contributed by atoms with Crippen LogP contribution in [-0.4, -0.2) is 79.1 Å². The van der Waals surface area contributed by atoms with E-state index in [1.165, 1.54) is 0 Å². The van der Waals surface area contributed by atoms with Crippen molar-refractivity contribution in [1.82, 2.24) is 10.2 Å². The highest BCUT2D eigenvalue weighted by Gasteiger charge is 2.24. The van der Waals surface area contributed by atoms with Gasteiger partial charge in [-0.1, -0.05) is 43.6 Å². The molecule has 1 aliphatic rings. The van der Waals surface area contributed by atoms with Gasteiger partial charge in [-0.2, -0.15) is 0 Å². The minimum atomic E-state index is -0.734. The van der Waals surface area contributed by atoms with Crippen LogP contribution in [0.5, 0.6) is 11.5 Å². The van der Waals surface area contributed by atoms with E-state index < -0.39 is 12.2 Å². The van der Waals surface area contributed by atoms with Crippen LogP contribution in [0.3, 0.4) is 0 Å². The number of halogens is 2. The predicted octanol–water partition coefficient (Wildman–Crippen LogP) is 3.29. The molecule has 1 aliphatic heterocycles. The maximum absolute atomic E-state index is 10.3. The average molecular weight is 497 g/mol. The summed E-state index contributed by atoms with van der Waals surface area (Å²) in [6, 6.07) is 13.6. The highest BCUT2D eigenvalue weighted by Crippen LogP contribution is 2.36. The molecule has 33 heavy (non-hydrogen) atoms. The second-order valence-electron chi connectivity index (χ2n) is 8.93. The Hall–Kier alpha value is -1.54. The van der Waals surface area contributed by atoms with Gasteiger partial charge in [-0.3, -0.25) is 4.90 Å². The van der Waals surface area contributed by atoms with Gasteiger partial charge in [-0.15, -0.1) is 11.6 Å². The van der Waals surface area contributed by atoms with E-state index in [0.29, 0.717) is 17.3 Å². The molecule has 0 aliphatic carbocycles. The summed E-state index contributed by atoms with van der Waals surface area (Å²) in [5.74, 6) is 1.36. The number of alkyl halides is 1. The zero-order chi connectivity index (χ0) is 23.8. The largest absolute Gasteiger partial charge is 0.491 e. The third-order valence-electron chi connectivity index (χ3n) is 5.96. The van der Waals surface area contributed by atoms with Gasteiger partial charge in [0.1, 0.15) is 36.9 Å². The van der Waals surface area contributed by atoms with Crippen LogP contribution in [0, 0.1) is 0 Å². The molecule has 6 nitrogen and oxygen atoms in total. The van der Waals surface area contributed by atoms with Crippen molar-refractivity contribution in [2.24, 2.45) is 0 Å². The minimum absolute atomic E-state index is 0.0946. The van der Waals surface area contributed by atoms with Crippen molar-refractivity contribution in [3.8, 4) is 11.5 Å². The Morgan fingerprint density at radius 1 is 0.970 bits per heavy atom. The van der Waals surface area contributed by atoms with E-state index in [4.69, 9.17) is 32.7 Å². The molecule has 0 amide bonds. The lowest BCUT2D eigenvalue weighted by Gasteiger charge is -2.29. The first-order valence-corrected chi connectivity index (χ1v) is 12.2. The van der Waals surface area contributed by atoms with E-state index in [-0.39, 0.29) is 24.5 Å². The number of nitrogens with zero attached hydrogens (tertiary/aromatic N) is 1. The number of nitrogens with one attached hydrogen (secondary N) is 1. The summed E-state index contributed by atoms with van der Waals surface area (Å²) >= 11 is 12.0. The Bertz CT molecular complexity index is 873. The number of hydrogen-bond acceptors (Lipinski definition) is 6. The average Bonchev–Trinajstić information content (AvgIpc) is 2.82. The number of piperazine rings is 1. The van der Waals surface area contributed by atoms with Crippen molar-refractivity contribution >= 4 is 23.2 Å². The van der Waals surface area contributed by atoms with Gasteiger partial charge in [-0.25, -0.2) is 0 Å². The number of rotatable bonds is 11. The molecule has 0 aromatic heterocycles. The molecule has 8 heteroatoms. The Morgan fingerprint density at radius 3 is 2.24 bits per heavy atom. The molecule has 0 radical (unpaired) electrons. The van der Waals surface area contributed by atoms with Gasteiger partial charge < -0.3 is 25.0 Å². The highest BCUT2D eigenvalue weighted by atomic mass is 35.5. The number of ether oxygens (including phenoxy) is 2. The Kier molecular flexibility index (Phi) is 9.68. The first-order valence-electron chi connectivity index (χ1n) is 11.3. The van der Waals surface area contributed by atoms with Crippen LogP contribution in [0.25, 0.3) is 0 Å². The lowest BCUT2D eigenvalue weighted by Crippen LogP contribution is -2.47. The van der Waals surface area contributed by atoms with Crippen LogP contribution in [0.1, 0.15) is 25.0 Å². The van der Waals surface area contributed by atoms with Gasteiger partial charge in [0.05, 0.1) is 10.9 Å². The fourth-order valence-electron chi connectivity index (χ4n) is 3.81. The molecular formula is C25H34Cl2N2O4. The molecule has 1 fully saturated rings. The van der Waals surface area contributed by atoms with Crippen molar-refractivity contribution in [2.45, 2.75) is 31.5 Å². The standard InChI is InChI=1S/C25H34Cl2N2O4/c1-25(2,19-5-8-24(23(27)13-19)33-16-20(30)14-26)18-3-6-22(7-4-18)32-17-21(31)15-29-11-9-28-10-12-29/h3-8,13,20-21,28,30-31H,9-12,14-17H2,1-2H3. The number of hydrogen-bond donors (Lipinski definition) is 3.